The van der Waals surface area contributed by atoms with Gasteiger partial charge in [-0.05, 0) is 43.2 Å². The molecule has 0 aliphatic rings. The zero-order valence-electron chi connectivity index (χ0n) is 17.0. The van der Waals surface area contributed by atoms with E-state index in [-0.39, 0.29) is 29.7 Å². The van der Waals surface area contributed by atoms with Gasteiger partial charge in [0.05, 0.1) is 18.7 Å². The predicted octanol–water partition coefficient (Wildman–Crippen LogP) is 2.02. The number of hydrogen-bond donors (Lipinski definition) is 1. The minimum atomic E-state index is -0.385. The minimum absolute atomic E-state index is 0.143. The van der Waals surface area contributed by atoms with Gasteiger partial charge in [-0.15, -0.1) is 10.2 Å². The van der Waals surface area contributed by atoms with E-state index in [4.69, 9.17) is 4.74 Å². The SMILES string of the molecule is CC[C@@H](NC(=O)Cn1c(=O)c2nnc(C)n2c2ncccc21)c1ccc(OC)cc1. The van der Waals surface area contributed by atoms with Gasteiger partial charge in [0.15, 0.2) is 5.65 Å². The van der Waals surface area contributed by atoms with E-state index in [1.165, 1.54) is 4.57 Å². The van der Waals surface area contributed by atoms with Gasteiger partial charge in [0.2, 0.25) is 11.6 Å². The summed E-state index contributed by atoms with van der Waals surface area (Å²) in [6.45, 7) is 3.60. The van der Waals surface area contributed by atoms with Crippen molar-refractivity contribution in [1.82, 2.24) is 29.5 Å². The zero-order valence-corrected chi connectivity index (χ0v) is 17.0. The first-order valence-corrected chi connectivity index (χ1v) is 9.66. The Hall–Kier alpha value is -3.75. The number of carbonyl (C=O) groups excluding carboxylic acids is 1. The summed E-state index contributed by atoms with van der Waals surface area (Å²) in [5.74, 6) is 1.04. The molecule has 0 radical (unpaired) electrons. The van der Waals surface area contributed by atoms with Gasteiger partial charge >= 0.3 is 0 Å². The molecule has 1 atom stereocenters. The maximum atomic E-state index is 13.0. The van der Waals surface area contributed by atoms with Crippen molar-refractivity contribution < 1.29 is 9.53 Å². The molecule has 0 spiro atoms. The number of amides is 1. The molecule has 154 valence electrons. The summed E-state index contributed by atoms with van der Waals surface area (Å²) in [6.07, 6.45) is 2.34. The summed E-state index contributed by atoms with van der Waals surface area (Å²) in [4.78, 5) is 30.2. The highest BCUT2D eigenvalue weighted by molar-refractivity contribution is 5.80. The van der Waals surface area contributed by atoms with E-state index in [1.54, 1.807) is 36.8 Å². The number of rotatable bonds is 6. The molecule has 4 rings (SSSR count). The van der Waals surface area contributed by atoms with Gasteiger partial charge in [-0.1, -0.05) is 19.1 Å². The number of pyridine rings is 1. The average Bonchev–Trinajstić information content (AvgIpc) is 3.17. The normalized spacial score (nSPS) is 12.2. The second-order valence-electron chi connectivity index (χ2n) is 6.95. The fourth-order valence-electron chi connectivity index (χ4n) is 3.55. The Morgan fingerprint density at radius 2 is 1.93 bits per heavy atom. The van der Waals surface area contributed by atoms with Crippen molar-refractivity contribution in [2.45, 2.75) is 32.9 Å². The molecule has 0 aliphatic heterocycles. The van der Waals surface area contributed by atoms with Gasteiger partial charge in [0.25, 0.3) is 5.56 Å². The number of aryl methyl sites for hydroxylation is 1. The molecule has 3 heterocycles. The molecule has 1 aromatic carbocycles. The smallest absolute Gasteiger partial charge is 0.297 e. The second-order valence-corrected chi connectivity index (χ2v) is 6.95. The van der Waals surface area contributed by atoms with Crippen LogP contribution < -0.4 is 15.6 Å². The van der Waals surface area contributed by atoms with E-state index < -0.39 is 0 Å². The summed E-state index contributed by atoms with van der Waals surface area (Å²) in [5, 5.41) is 11.0. The third-order valence-corrected chi connectivity index (χ3v) is 5.09. The molecule has 1 N–H and O–H groups in total. The molecule has 0 fully saturated rings. The lowest BCUT2D eigenvalue weighted by atomic mass is 10.0. The quantitative estimate of drug-likeness (QED) is 0.525. The molecular formula is C21H22N6O3. The maximum Gasteiger partial charge on any atom is 0.297 e. The highest BCUT2D eigenvalue weighted by Gasteiger charge is 2.19. The largest absolute Gasteiger partial charge is 0.497 e. The average molecular weight is 406 g/mol. The Bertz CT molecular complexity index is 1280. The molecule has 4 aromatic rings. The molecule has 0 unspecified atom stereocenters. The van der Waals surface area contributed by atoms with Crippen LogP contribution in [-0.2, 0) is 11.3 Å². The Morgan fingerprint density at radius 1 is 1.17 bits per heavy atom. The number of fused-ring (bicyclic) bond motifs is 3. The number of carbonyl (C=O) groups is 1. The van der Waals surface area contributed by atoms with Crippen molar-refractivity contribution in [3.63, 3.8) is 0 Å². The number of benzene rings is 1. The first kappa shape index (κ1) is 19.6. The zero-order chi connectivity index (χ0) is 21.3. The minimum Gasteiger partial charge on any atom is -0.497 e. The Balaban J connectivity index is 1.66. The van der Waals surface area contributed by atoms with Crippen LogP contribution >= 0.6 is 0 Å². The first-order valence-electron chi connectivity index (χ1n) is 9.66. The van der Waals surface area contributed by atoms with Crippen LogP contribution in [0.2, 0.25) is 0 Å². The highest BCUT2D eigenvalue weighted by Crippen LogP contribution is 2.20. The van der Waals surface area contributed by atoms with Crippen molar-refractivity contribution >= 4 is 22.7 Å². The van der Waals surface area contributed by atoms with Gasteiger partial charge in [-0.2, -0.15) is 0 Å². The number of aromatic nitrogens is 5. The number of nitrogens with one attached hydrogen (secondary N) is 1. The third kappa shape index (κ3) is 3.38. The van der Waals surface area contributed by atoms with Crippen LogP contribution in [0.5, 0.6) is 5.75 Å². The second kappa shape index (κ2) is 7.94. The molecule has 0 bridgehead atoms. The lowest BCUT2D eigenvalue weighted by molar-refractivity contribution is -0.122. The lowest BCUT2D eigenvalue weighted by Gasteiger charge is -2.19. The van der Waals surface area contributed by atoms with Crippen molar-refractivity contribution in [3.8, 4) is 5.75 Å². The van der Waals surface area contributed by atoms with Gasteiger partial charge < -0.3 is 10.1 Å². The Morgan fingerprint density at radius 3 is 2.63 bits per heavy atom. The summed E-state index contributed by atoms with van der Waals surface area (Å²) >= 11 is 0. The van der Waals surface area contributed by atoms with Crippen LogP contribution in [0.15, 0.2) is 47.4 Å². The van der Waals surface area contributed by atoms with Crippen molar-refractivity contribution in [2.24, 2.45) is 0 Å². The van der Waals surface area contributed by atoms with Crippen LogP contribution in [0.4, 0.5) is 0 Å². The van der Waals surface area contributed by atoms with Crippen LogP contribution in [0.1, 0.15) is 30.8 Å². The lowest BCUT2D eigenvalue weighted by Crippen LogP contribution is -2.35. The molecule has 0 aliphatic carbocycles. The fourth-order valence-corrected chi connectivity index (χ4v) is 3.55. The standard InChI is InChI=1S/C21H22N6O3/c1-4-16(14-7-9-15(30-3)10-8-14)23-18(28)12-26-17-6-5-11-22-19(17)27-13(2)24-25-20(27)21(26)29/h5-11,16H,4,12H2,1-3H3,(H,23,28)/t16-/m1/s1. The summed E-state index contributed by atoms with van der Waals surface area (Å²) in [5.41, 5.74) is 1.81. The molecular weight excluding hydrogens is 384 g/mol. The highest BCUT2D eigenvalue weighted by atomic mass is 16.5. The van der Waals surface area contributed by atoms with Crippen molar-refractivity contribution in [3.05, 3.63) is 64.3 Å². The Kier molecular flexibility index (Phi) is 5.18. The van der Waals surface area contributed by atoms with E-state index in [1.807, 2.05) is 31.2 Å². The van der Waals surface area contributed by atoms with E-state index >= 15 is 0 Å². The van der Waals surface area contributed by atoms with E-state index in [0.29, 0.717) is 23.4 Å². The number of methoxy groups -OCH3 is 1. The molecule has 9 nitrogen and oxygen atoms in total. The van der Waals surface area contributed by atoms with E-state index in [9.17, 15) is 9.59 Å². The van der Waals surface area contributed by atoms with E-state index in [2.05, 4.69) is 20.5 Å². The maximum absolute atomic E-state index is 13.0. The molecule has 9 heteroatoms. The van der Waals surface area contributed by atoms with Gasteiger partial charge in [-0.3, -0.25) is 18.6 Å². The monoisotopic (exact) mass is 406 g/mol. The number of ether oxygens (including phenoxy) is 1. The number of hydrogen-bond acceptors (Lipinski definition) is 6. The molecule has 0 saturated heterocycles. The van der Waals surface area contributed by atoms with Gasteiger partial charge in [0, 0.05) is 6.20 Å². The van der Waals surface area contributed by atoms with Crippen molar-refractivity contribution in [1.29, 1.82) is 0 Å². The van der Waals surface area contributed by atoms with Crippen molar-refractivity contribution in [2.75, 3.05) is 7.11 Å². The number of nitrogens with zero attached hydrogens (tertiary/aromatic N) is 5. The molecule has 3 aromatic heterocycles. The van der Waals surface area contributed by atoms with Crippen LogP contribution in [-0.4, -0.2) is 37.2 Å². The third-order valence-electron chi connectivity index (χ3n) is 5.09. The van der Waals surface area contributed by atoms with Crippen LogP contribution in [0.3, 0.4) is 0 Å². The van der Waals surface area contributed by atoms with Gasteiger partial charge in [0.1, 0.15) is 18.1 Å². The van der Waals surface area contributed by atoms with Crippen LogP contribution in [0.25, 0.3) is 16.8 Å². The topological polar surface area (TPSA) is 103 Å². The summed E-state index contributed by atoms with van der Waals surface area (Å²) in [7, 11) is 1.61. The predicted molar refractivity (Wildman–Crippen MR) is 111 cm³/mol. The van der Waals surface area contributed by atoms with E-state index in [0.717, 1.165) is 11.3 Å². The Labute approximate surface area is 172 Å². The summed E-state index contributed by atoms with van der Waals surface area (Å²) in [6, 6.07) is 10.9. The van der Waals surface area contributed by atoms with Gasteiger partial charge in [-0.25, -0.2) is 4.98 Å². The first-order chi connectivity index (χ1) is 14.5. The molecule has 30 heavy (non-hydrogen) atoms. The summed E-state index contributed by atoms with van der Waals surface area (Å²) < 4.78 is 8.19. The van der Waals surface area contributed by atoms with Crippen LogP contribution in [0, 0.1) is 6.92 Å². The fraction of sp³-hybridized carbons (Fsp3) is 0.286. The molecule has 1 amide bonds. The molecule has 0 saturated carbocycles.